The smallest absolute Gasteiger partial charge is 0.407 e. The van der Waals surface area contributed by atoms with E-state index in [1.165, 1.54) is 6.92 Å². The summed E-state index contributed by atoms with van der Waals surface area (Å²) in [7, 11) is 0. The van der Waals surface area contributed by atoms with Gasteiger partial charge in [0, 0.05) is 32.4 Å². The summed E-state index contributed by atoms with van der Waals surface area (Å²) in [6.07, 6.45) is 3.62. The number of aliphatic hydroxyl groups is 1. The molecular formula is C22H33NO7. The highest BCUT2D eigenvalue weighted by Gasteiger charge is 2.49. The molecule has 1 amide bonds. The summed E-state index contributed by atoms with van der Waals surface area (Å²) < 4.78 is 22.8. The van der Waals surface area contributed by atoms with Crippen LogP contribution in [0.2, 0.25) is 0 Å². The van der Waals surface area contributed by atoms with Gasteiger partial charge < -0.3 is 29.4 Å². The Labute approximate surface area is 179 Å². The van der Waals surface area contributed by atoms with Crippen LogP contribution in [0.15, 0.2) is 0 Å². The van der Waals surface area contributed by atoms with E-state index in [0.29, 0.717) is 43.9 Å². The lowest BCUT2D eigenvalue weighted by Gasteiger charge is -2.15. The lowest BCUT2D eigenvalue weighted by molar-refractivity contribution is -0.155. The molecule has 1 unspecified atom stereocenters. The van der Waals surface area contributed by atoms with Gasteiger partial charge in [-0.05, 0) is 43.9 Å². The molecule has 8 nitrogen and oxygen atoms in total. The van der Waals surface area contributed by atoms with E-state index in [1.54, 1.807) is 0 Å². The molecular weight excluding hydrogens is 390 g/mol. The summed E-state index contributed by atoms with van der Waals surface area (Å²) in [6, 6.07) is 0. The molecule has 0 aromatic heterocycles. The SMILES string of the molecule is [2H]OCC(COCCCNC(=O)OC[C@@H]1[C@@H]2CCC#CCC[C@@H]21)OC(=O)CCC(C)=O. The van der Waals surface area contributed by atoms with Crippen molar-refractivity contribution in [1.29, 1.82) is 1.43 Å². The molecule has 4 atom stereocenters. The van der Waals surface area contributed by atoms with E-state index < -0.39 is 18.2 Å². The molecule has 2 N–H and O–H groups in total. The second kappa shape index (κ2) is 13.2. The number of alkyl carbamates (subject to hydrolysis) is 1. The minimum Gasteiger partial charge on any atom is -0.457 e. The third kappa shape index (κ3) is 9.14. The lowest BCUT2D eigenvalue weighted by Crippen LogP contribution is -2.29. The average molecular weight is 425 g/mol. The highest BCUT2D eigenvalue weighted by atomic mass is 16.6. The standard InChI is InChI=1S/C22H33NO7/c1-16(25)9-10-21(26)30-17(13-24)14-28-12-6-11-23-22(27)29-15-20-18-7-4-2-3-5-8-19(18)20/h17-20,24H,4-15H2,1H3,(H,23,27)/t17?,18-,19+,20-/i24D. The summed E-state index contributed by atoms with van der Waals surface area (Å²) in [5, 5.41) is 6.99. The fourth-order valence-electron chi connectivity index (χ4n) is 3.72. The monoisotopic (exact) mass is 424 g/mol. The first-order valence-electron chi connectivity index (χ1n) is 11.1. The minimum absolute atomic E-state index is 0.00794. The van der Waals surface area contributed by atoms with Crippen LogP contribution in [0.5, 0.6) is 0 Å². The number of aliphatic hydroxyl groups excluding tert-OH is 1. The van der Waals surface area contributed by atoms with Crippen LogP contribution in [-0.4, -0.2) is 63.5 Å². The van der Waals surface area contributed by atoms with E-state index in [2.05, 4.69) is 22.3 Å². The molecule has 0 radical (unpaired) electrons. The number of fused-ring (bicyclic) bond motifs is 1. The third-order valence-corrected chi connectivity index (χ3v) is 5.45. The van der Waals surface area contributed by atoms with Crippen LogP contribution >= 0.6 is 0 Å². The first-order valence-corrected chi connectivity index (χ1v) is 10.7. The number of ketones is 1. The lowest BCUT2D eigenvalue weighted by atomic mass is 10.1. The van der Waals surface area contributed by atoms with Crippen molar-refractivity contribution >= 4 is 17.8 Å². The number of rotatable bonds is 14. The molecule has 0 saturated heterocycles. The van der Waals surface area contributed by atoms with E-state index in [1.807, 2.05) is 0 Å². The number of hydrogen-bond donors (Lipinski definition) is 2. The van der Waals surface area contributed by atoms with Gasteiger partial charge in [-0.15, -0.1) is 11.8 Å². The number of ether oxygens (including phenoxy) is 3. The number of hydrogen-bond acceptors (Lipinski definition) is 7. The molecule has 0 aliphatic heterocycles. The normalized spacial score (nSPS) is 23.4. The predicted molar refractivity (Wildman–Crippen MR) is 108 cm³/mol. The number of Topliss-reactive ketones (excluding diaryl/α,β-unsaturated/α-hetero) is 1. The maximum Gasteiger partial charge on any atom is 0.407 e. The second-order valence-electron chi connectivity index (χ2n) is 7.86. The van der Waals surface area contributed by atoms with Crippen molar-refractivity contribution in [3.63, 3.8) is 0 Å². The summed E-state index contributed by atoms with van der Waals surface area (Å²) >= 11 is 0. The zero-order valence-electron chi connectivity index (χ0n) is 18.7. The predicted octanol–water partition coefficient (Wildman–Crippen LogP) is 1.83. The van der Waals surface area contributed by atoms with Crippen LogP contribution in [0.25, 0.3) is 0 Å². The molecule has 1 fully saturated rings. The summed E-state index contributed by atoms with van der Waals surface area (Å²) in [5.41, 5.74) is 0. The third-order valence-electron chi connectivity index (χ3n) is 5.45. The van der Waals surface area contributed by atoms with E-state index in [9.17, 15) is 14.4 Å². The molecule has 0 heterocycles. The molecule has 0 aromatic rings. The van der Waals surface area contributed by atoms with Crippen molar-refractivity contribution in [2.45, 2.75) is 58.0 Å². The average Bonchev–Trinajstić information content (AvgIpc) is 3.36. The van der Waals surface area contributed by atoms with Gasteiger partial charge in [-0.3, -0.25) is 4.79 Å². The molecule has 0 spiro atoms. The maximum absolute atomic E-state index is 11.9. The molecule has 168 valence electrons. The van der Waals surface area contributed by atoms with Crippen LogP contribution in [-0.2, 0) is 23.8 Å². The Morgan fingerprint density at radius 2 is 1.93 bits per heavy atom. The highest BCUT2D eigenvalue weighted by molar-refractivity contribution is 5.81. The van der Waals surface area contributed by atoms with Crippen LogP contribution in [0.1, 0.15) is 51.9 Å². The summed E-state index contributed by atoms with van der Waals surface area (Å²) in [4.78, 5) is 34.4. The molecule has 2 aliphatic rings. The van der Waals surface area contributed by atoms with Gasteiger partial charge in [0.25, 0.3) is 0 Å². The maximum atomic E-state index is 11.9. The number of carbonyl (C=O) groups is 3. The van der Waals surface area contributed by atoms with Crippen molar-refractivity contribution in [3.05, 3.63) is 0 Å². The Balaban J connectivity index is 1.49. The van der Waals surface area contributed by atoms with Crippen molar-refractivity contribution in [2.24, 2.45) is 17.8 Å². The molecule has 2 aliphatic carbocycles. The second-order valence-corrected chi connectivity index (χ2v) is 7.86. The van der Waals surface area contributed by atoms with Gasteiger partial charge >= 0.3 is 12.1 Å². The first kappa shape index (κ1) is 22.6. The molecule has 2 rings (SSSR count). The number of amides is 1. The van der Waals surface area contributed by atoms with E-state index in [4.69, 9.17) is 15.6 Å². The Morgan fingerprint density at radius 1 is 1.20 bits per heavy atom. The largest absolute Gasteiger partial charge is 0.457 e. The van der Waals surface area contributed by atoms with Crippen LogP contribution in [0.3, 0.4) is 0 Å². The van der Waals surface area contributed by atoms with E-state index >= 15 is 0 Å². The molecule has 8 heteroatoms. The minimum atomic E-state index is -0.712. The van der Waals surface area contributed by atoms with Gasteiger partial charge in [0.1, 0.15) is 11.9 Å². The van der Waals surface area contributed by atoms with Crippen molar-refractivity contribution < 1.29 is 33.7 Å². The number of nitrogens with one attached hydrogen (secondary N) is 1. The van der Waals surface area contributed by atoms with Gasteiger partial charge in [0.05, 0.1) is 26.2 Å². The molecule has 1 saturated carbocycles. The summed E-state index contributed by atoms with van der Waals surface area (Å²) in [5.74, 6) is 7.48. The molecule has 0 aromatic carbocycles. The van der Waals surface area contributed by atoms with E-state index in [0.717, 1.165) is 25.7 Å². The fourth-order valence-corrected chi connectivity index (χ4v) is 3.72. The van der Waals surface area contributed by atoms with E-state index in [-0.39, 0.29) is 31.8 Å². The molecule has 0 bridgehead atoms. The Bertz CT molecular complexity index is 642. The van der Waals surface area contributed by atoms with Crippen LogP contribution in [0, 0.1) is 29.6 Å². The van der Waals surface area contributed by atoms with Crippen molar-refractivity contribution in [1.82, 2.24) is 5.32 Å². The quantitative estimate of drug-likeness (QED) is 0.249. The van der Waals surface area contributed by atoms with Crippen LogP contribution < -0.4 is 5.32 Å². The van der Waals surface area contributed by atoms with Gasteiger partial charge in [-0.1, -0.05) is 0 Å². The van der Waals surface area contributed by atoms with Crippen molar-refractivity contribution in [2.75, 3.05) is 33.0 Å². The van der Waals surface area contributed by atoms with Crippen molar-refractivity contribution in [3.8, 4) is 11.8 Å². The first-order chi connectivity index (χ1) is 15.0. The van der Waals surface area contributed by atoms with Gasteiger partial charge in [-0.2, -0.15) is 0 Å². The van der Waals surface area contributed by atoms with Crippen LogP contribution in [0.4, 0.5) is 4.79 Å². The topological polar surface area (TPSA) is 111 Å². The van der Waals surface area contributed by atoms with Gasteiger partial charge in [-0.25, -0.2) is 4.79 Å². The van der Waals surface area contributed by atoms with Gasteiger partial charge in [0.2, 0.25) is 1.43 Å². The Morgan fingerprint density at radius 3 is 2.60 bits per heavy atom. The van der Waals surface area contributed by atoms with Gasteiger partial charge in [0.15, 0.2) is 0 Å². The Hall–Kier alpha value is -2.11. The fraction of sp³-hybridized carbons (Fsp3) is 0.773. The number of carbonyl (C=O) groups excluding carboxylic acids is 3. The highest BCUT2D eigenvalue weighted by Crippen LogP contribution is 2.52. The zero-order valence-corrected chi connectivity index (χ0v) is 17.7. The number of esters is 1. The zero-order chi connectivity index (χ0) is 22.5. The Kier molecular flexibility index (Phi) is 9.97. The molecule has 30 heavy (non-hydrogen) atoms. The summed E-state index contributed by atoms with van der Waals surface area (Å²) in [6.45, 7) is 2.56.